The van der Waals surface area contributed by atoms with Crippen molar-refractivity contribution in [1.29, 1.82) is 0 Å². The van der Waals surface area contributed by atoms with Crippen molar-refractivity contribution in [3.8, 4) is 0 Å². The molecule has 1 aliphatic rings. The summed E-state index contributed by atoms with van der Waals surface area (Å²) >= 11 is 0. The van der Waals surface area contributed by atoms with Crippen LogP contribution in [0.15, 0.2) is 42.5 Å². The van der Waals surface area contributed by atoms with Crippen molar-refractivity contribution in [2.75, 3.05) is 26.7 Å². The lowest BCUT2D eigenvalue weighted by Gasteiger charge is -2.25. The van der Waals surface area contributed by atoms with Crippen molar-refractivity contribution in [3.63, 3.8) is 0 Å². The van der Waals surface area contributed by atoms with Gasteiger partial charge in [0.05, 0.1) is 6.54 Å². The van der Waals surface area contributed by atoms with Crippen LogP contribution in [0.4, 0.5) is 0 Å². The Kier molecular flexibility index (Phi) is 7.24. The van der Waals surface area contributed by atoms with E-state index in [0.29, 0.717) is 6.04 Å². The SMILES string of the molecule is CN(CC(=O)O)C1CCCN(Cc2cccc3ccccc23)CC1.Cl. The summed E-state index contributed by atoms with van der Waals surface area (Å²) in [6, 6.07) is 15.5. The average Bonchev–Trinajstić information content (AvgIpc) is 2.80. The van der Waals surface area contributed by atoms with Crippen LogP contribution in [-0.4, -0.2) is 53.6 Å². The van der Waals surface area contributed by atoms with E-state index in [9.17, 15) is 4.79 Å². The monoisotopic (exact) mass is 362 g/mol. The van der Waals surface area contributed by atoms with Gasteiger partial charge in [0.2, 0.25) is 0 Å². The van der Waals surface area contributed by atoms with Gasteiger partial charge < -0.3 is 5.11 Å². The Morgan fingerprint density at radius 3 is 2.72 bits per heavy atom. The average molecular weight is 363 g/mol. The summed E-state index contributed by atoms with van der Waals surface area (Å²) in [7, 11) is 1.93. The van der Waals surface area contributed by atoms with Gasteiger partial charge in [-0.1, -0.05) is 42.5 Å². The summed E-state index contributed by atoms with van der Waals surface area (Å²) in [5, 5.41) is 11.6. The molecule has 1 saturated heterocycles. The van der Waals surface area contributed by atoms with Crippen molar-refractivity contribution in [3.05, 3.63) is 48.0 Å². The Bertz CT molecular complexity index is 702. The molecule has 0 saturated carbocycles. The van der Waals surface area contributed by atoms with Gasteiger partial charge in [0.15, 0.2) is 0 Å². The van der Waals surface area contributed by atoms with Gasteiger partial charge >= 0.3 is 5.97 Å². The molecule has 0 radical (unpaired) electrons. The highest BCUT2D eigenvalue weighted by atomic mass is 35.5. The van der Waals surface area contributed by atoms with Crippen LogP contribution in [0, 0.1) is 0 Å². The van der Waals surface area contributed by atoms with E-state index in [-0.39, 0.29) is 19.0 Å². The predicted molar refractivity (Wildman–Crippen MR) is 104 cm³/mol. The topological polar surface area (TPSA) is 43.8 Å². The minimum absolute atomic E-state index is 0. The van der Waals surface area contributed by atoms with Gasteiger partial charge in [-0.15, -0.1) is 12.4 Å². The molecule has 0 spiro atoms. The van der Waals surface area contributed by atoms with Crippen LogP contribution in [0.5, 0.6) is 0 Å². The van der Waals surface area contributed by atoms with E-state index < -0.39 is 5.97 Å². The van der Waals surface area contributed by atoms with Crippen LogP contribution >= 0.6 is 12.4 Å². The van der Waals surface area contributed by atoms with Crippen molar-refractivity contribution in [1.82, 2.24) is 9.80 Å². The number of carbonyl (C=O) groups is 1. The van der Waals surface area contributed by atoms with Gasteiger partial charge in [-0.3, -0.25) is 14.6 Å². The van der Waals surface area contributed by atoms with Crippen LogP contribution in [0.1, 0.15) is 24.8 Å². The molecule has 3 rings (SSSR count). The molecule has 1 atom stereocenters. The number of aliphatic carboxylic acids is 1. The maximum absolute atomic E-state index is 10.9. The molecular weight excluding hydrogens is 336 g/mol. The lowest BCUT2D eigenvalue weighted by Crippen LogP contribution is -2.36. The maximum Gasteiger partial charge on any atom is 0.317 e. The molecule has 0 amide bonds. The van der Waals surface area contributed by atoms with E-state index in [4.69, 9.17) is 5.11 Å². The van der Waals surface area contributed by atoms with Crippen LogP contribution in [0.25, 0.3) is 10.8 Å². The van der Waals surface area contributed by atoms with E-state index in [1.54, 1.807) is 0 Å². The molecule has 5 heteroatoms. The van der Waals surface area contributed by atoms with E-state index in [1.165, 1.54) is 16.3 Å². The Morgan fingerprint density at radius 2 is 1.92 bits per heavy atom. The molecule has 2 aromatic carbocycles. The van der Waals surface area contributed by atoms with Crippen LogP contribution < -0.4 is 0 Å². The standard InChI is InChI=1S/C20H26N2O2.ClH/c1-21(15-20(23)24)18-9-5-12-22(13-11-18)14-17-8-4-7-16-6-2-3-10-19(16)17;/h2-4,6-8,10,18H,5,9,11-15H2,1H3,(H,23,24);1H. The quantitative estimate of drug-likeness (QED) is 0.882. The first-order chi connectivity index (χ1) is 11.6. The number of rotatable bonds is 5. The number of halogens is 1. The fourth-order valence-corrected chi connectivity index (χ4v) is 3.75. The molecule has 1 heterocycles. The van der Waals surface area contributed by atoms with Crippen LogP contribution in [-0.2, 0) is 11.3 Å². The molecule has 2 aromatic rings. The predicted octanol–water partition coefficient (Wildman–Crippen LogP) is 3.63. The summed E-state index contributed by atoms with van der Waals surface area (Å²) in [6.45, 7) is 3.21. The molecule has 1 aliphatic heterocycles. The van der Waals surface area contributed by atoms with Gasteiger partial charge in [-0.05, 0) is 55.7 Å². The highest BCUT2D eigenvalue weighted by Gasteiger charge is 2.21. The third-order valence-corrected chi connectivity index (χ3v) is 5.07. The van der Waals surface area contributed by atoms with E-state index >= 15 is 0 Å². The van der Waals surface area contributed by atoms with Gasteiger partial charge in [-0.2, -0.15) is 0 Å². The first-order valence-electron chi connectivity index (χ1n) is 8.74. The van der Waals surface area contributed by atoms with Gasteiger partial charge in [0, 0.05) is 12.6 Å². The first-order valence-corrected chi connectivity index (χ1v) is 8.74. The number of carboxylic acids is 1. The first kappa shape index (κ1) is 19.7. The maximum atomic E-state index is 10.9. The van der Waals surface area contributed by atoms with Crippen molar-refractivity contribution >= 4 is 29.1 Å². The van der Waals surface area contributed by atoms with E-state index in [0.717, 1.165) is 38.9 Å². The molecule has 136 valence electrons. The number of nitrogens with zero attached hydrogens (tertiary/aromatic N) is 2. The fourth-order valence-electron chi connectivity index (χ4n) is 3.75. The van der Waals surface area contributed by atoms with Crippen LogP contribution in [0.2, 0.25) is 0 Å². The highest BCUT2D eigenvalue weighted by Crippen LogP contribution is 2.22. The molecule has 0 aromatic heterocycles. The summed E-state index contributed by atoms with van der Waals surface area (Å²) in [5.74, 6) is -0.741. The van der Waals surface area contributed by atoms with Gasteiger partial charge in [0.25, 0.3) is 0 Å². The number of hydrogen-bond acceptors (Lipinski definition) is 3. The van der Waals surface area contributed by atoms with Crippen LogP contribution in [0.3, 0.4) is 0 Å². The molecular formula is C20H27ClN2O2. The Balaban J connectivity index is 0.00000225. The zero-order valence-electron chi connectivity index (χ0n) is 14.7. The Labute approximate surface area is 155 Å². The smallest absolute Gasteiger partial charge is 0.317 e. The zero-order chi connectivity index (χ0) is 16.9. The summed E-state index contributed by atoms with van der Waals surface area (Å²) < 4.78 is 0. The number of likely N-dealkylation sites (N-methyl/N-ethyl adjacent to an activating group) is 1. The minimum atomic E-state index is -0.741. The van der Waals surface area contributed by atoms with Gasteiger partial charge in [-0.25, -0.2) is 0 Å². The summed E-state index contributed by atoms with van der Waals surface area (Å²) in [4.78, 5) is 15.4. The minimum Gasteiger partial charge on any atom is -0.480 e. The third-order valence-electron chi connectivity index (χ3n) is 5.07. The Hall–Kier alpha value is -1.62. The largest absolute Gasteiger partial charge is 0.480 e. The number of hydrogen-bond donors (Lipinski definition) is 1. The molecule has 25 heavy (non-hydrogen) atoms. The van der Waals surface area contributed by atoms with E-state index in [2.05, 4.69) is 47.4 Å². The molecule has 0 aliphatic carbocycles. The van der Waals surface area contributed by atoms with Crippen molar-refractivity contribution in [2.24, 2.45) is 0 Å². The Morgan fingerprint density at radius 1 is 1.16 bits per heavy atom. The van der Waals surface area contributed by atoms with Crippen molar-refractivity contribution in [2.45, 2.75) is 31.8 Å². The molecule has 4 nitrogen and oxygen atoms in total. The molecule has 1 N–H and O–H groups in total. The summed E-state index contributed by atoms with van der Waals surface area (Å²) in [6.07, 6.45) is 3.24. The molecule has 1 unspecified atom stereocenters. The second-order valence-electron chi connectivity index (χ2n) is 6.81. The normalized spacial score (nSPS) is 18.7. The highest BCUT2D eigenvalue weighted by molar-refractivity contribution is 5.86. The third kappa shape index (κ3) is 5.18. The second-order valence-corrected chi connectivity index (χ2v) is 6.81. The summed E-state index contributed by atoms with van der Waals surface area (Å²) in [5.41, 5.74) is 1.38. The number of fused-ring (bicyclic) bond motifs is 1. The molecule has 0 bridgehead atoms. The molecule has 1 fully saturated rings. The lowest BCUT2D eigenvalue weighted by atomic mass is 10.0. The lowest BCUT2D eigenvalue weighted by molar-refractivity contribution is -0.138. The second kappa shape index (κ2) is 9.18. The number of carboxylic acid groups (broad SMARTS) is 1. The fraction of sp³-hybridized carbons (Fsp3) is 0.450. The number of benzene rings is 2. The van der Waals surface area contributed by atoms with E-state index in [1.807, 2.05) is 11.9 Å². The van der Waals surface area contributed by atoms with Crippen molar-refractivity contribution < 1.29 is 9.90 Å². The zero-order valence-corrected chi connectivity index (χ0v) is 15.5. The number of likely N-dealkylation sites (tertiary alicyclic amines) is 1. The van der Waals surface area contributed by atoms with Gasteiger partial charge in [0.1, 0.15) is 0 Å².